The molecule has 6 heteroatoms. The van der Waals surface area contributed by atoms with Gasteiger partial charge in [0.1, 0.15) is 11.5 Å². The van der Waals surface area contributed by atoms with Crippen molar-refractivity contribution in [2.45, 2.75) is 50.1 Å². The number of piperidine rings is 1. The topological polar surface area (TPSA) is 62.6 Å². The lowest BCUT2D eigenvalue weighted by Crippen LogP contribution is -2.58. The van der Waals surface area contributed by atoms with E-state index >= 15 is 0 Å². The number of hydrogen-bond acceptors (Lipinski definition) is 4. The Morgan fingerprint density at radius 3 is 2.42 bits per heavy atom. The van der Waals surface area contributed by atoms with E-state index in [9.17, 15) is 8.42 Å². The zero-order chi connectivity index (χ0) is 18.2. The fourth-order valence-electron chi connectivity index (χ4n) is 4.28. The van der Waals surface area contributed by atoms with E-state index in [-0.39, 0.29) is 11.5 Å². The lowest BCUT2D eigenvalue weighted by atomic mass is 9.59. The van der Waals surface area contributed by atoms with Crippen LogP contribution in [0.5, 0.6) is 0 Å². The number of likely N-dealkylation sites (tertiary alicyclic amines) is 1. The van der Waals surface area contributed by atoms with Gasteiger partial charge in [-0.1, -0.05) is 18.2 Å². The summed E-state index contributed by atoms with van der Waals surface area (Å²) in [6, 6.07) is 12.8. The Morgan fingerprint density at radius 2 is 1.85 bits per heavy atom. The van der Waals surface area contributed by atoms with Crippen LogP contribution in [0.1, 0.15) is 37.2 Å². The van der Waals surface area contributed by atoms with Crippen LogP contribution in [0.2, 0.25) is 0 Å². The summed E-state index contributed by atoms with van der Waals surface area (Å²) in [5.41, 5.74) is 0.122. The predicted octanol–water partition coefficient (Wildman–Crippen LogP) is 3.31. The average Bonchev–Trinajstić information content (AvgIpc) is 3.05. The van der Waals surface area contributed by atoms with E-state index in [1.165, 1.54) is 0 Å². The van der Waals surface area contributed by atoms with Crippen molar-refractivity contribution in [3.05, 3.63) is 54.0 Å². The number of furan rings is 1. The third-order valence-corrected chi connectivity index (χ3v) is 7.54. The molecule has 1 aromatic heterocycles. The first-order valence-corrected chi connectivity index (χ1v) is 10.8. The molecule has 0 unspecified atom stereocenters. The second kappa shape index (κ2) is 6.83. The molecular formula is C20H26N2O3S. The Kier molecular flexibility index (Phi) is 4.67. The van der Waals surface area contributed by atoms with Crippen LogP contribution in [-0.2, 0) is 16.6 Å². The first-order chi connectivity index (χ1) is 12.5. The maximum Gasteiger partial charge on any atom is 0.240 e. The molecule has 1 saturated heterocycles. The molecule has 2 heterocycles. The molecule has 2 fully saturated rings. The maximum atomic E-state index is 12.6. The summed E-state index contributed by atoms with van der Waals surface area (Å²) in [5.74, 6) is 1.95. The van der Waals surface area contributed by atoms with Gasteiger partial charge in [-0.15, -0.1) is 0 Å². The molecule has 1 atom stereocenters. The molecular weight excluding hydrogens is 348 g/mol. The van der Waals surface area contributed by atoms with E-state index in [0.717, 1.165) is 56.8 Å². The van der Waals surface area contributed by atoms with Crippen molar-refractivity contribution in [1.29, 1.82) is 0 Å². The van der Waals surface area contributed by atoms with Gasteiger partial charge in [-0.2, -0.15) is 0 Å². The molecule has 1 spiro atoms. The van der Waals surface area contributed by atoms with Gasteiger partial charge in [0.15, 0.2) is 0 Å². The zero-order valence-corrected chi connectivity index (χ0v) is 16.0. The van der Waals surface area contributed by atoms with E-state index < -0.39 is 10.0 Å². The van der Waals surface area contributed by atoms with E-state index in [1.807, 2.05) is 25.1 Å². The predicted molar refractivity (Wildman–Crippen MR) is 100 cm³/mol. The van der Waals surface area contributed by atoms with Crippen molar-refractivity contribution >= 4 is 10.0 Å². The third kappa shape index (κ3) is 3.46. The van der Waals surface area contributed by atoms with Crippen molar-refractivity contribution in [2.75, 3.05) is 13.1 Å². The average molecular weight is 375 g/mol. The lowest BCUT2D eigenvalue weighted by molar-refractivity contribution is -0.000983. The molecule has 1 N–H and O–H groups in total. The standard InChI is InChI=1S/C20H26N2O3S/c1-16-7-8-17(25-16)15-22-13-11-20(12-14-22)10-9-19(20)21-26(23,24)18-5-3-2-4-6-18/h2-8,19,21H,9-15H2,1H3/t19-/m1/s1. The monoisotopic (exact) mass is 374 g/mol. The molecule has 1 aromatic carbocycles. The van der Waals surface area contributed by atoms with Crippen LogP contribution in [0.4, 0.5) is 0 Å². The molecule has 5 nitrogen and oxygen atoms in total. The summed E-state index contributed by atoms with van der Waals surface area (Å²) in [6.07, 6.45) is 4.12. The smallest absolute Gasteiger partial charge is 0.240 e. The highest BCUT2D eigenvalue weighted by atomic mass is 32.2. The summed E-state index contributed by atoms with van der Waals surface area (Å²) >= 11 is 0. The van der Waals surface area contributed by atoms with E-state index in [1.54, 1.807) is 24.3 Å². The van der Waals surface area contributed by atoms with Crippen molar-refractivity contribution in [3.63, 3.8) is 0 Å². The van der Waals surface area contributed by atoms with Crippen LogP contribution in [0, 0.1) is 12.3 Å². The number of sulfonamides is 1. The molecule has 0 bridgehead atoms. The zero-order valence-electron chi connectivity index (χ0n) is 15.1. The van der Waals surface area contributed by atoms with Gasteiger partial charge in [-0.3, -0.25) is 4.90 Å². The Bertz CT molecular complexity index is 852. The van der Waals surface area contributed by atoms with Gasteiger partial charge in [0.05, 0.1) is 11.4 Å². The van der Waals surface area contributed by atoms with Gasteiger partial charge in [0, 0.05) is 6.04 Å². The minimum Gasteiger partial charge on any atom is -0.465 e. The molecule has 0 amide bonds. The summed E-state index contributed by atoms with van der Waals surface area (Å²) in [4.78, 5) is 2.76. The highest BCUT2D eigenvalue weighted by molar-refractivity contribution is 7.89. The molecule has 0 radical (unpaired) electrons. The first-order valence-electron chi connectivity index (χ1n) is 9.32. The van der Waals surface area contributed by atoms with Gasteiger partial charge in [0.2, 0.25) is 10.0 Å². The molecule has 1 aliphatic carbocycles. The summed E-state index contributed by atoms with van der Waals surface area (Å²) in [6.45, 7) is 4.78. The van der Waals surface area contributed by atoms with Crippen molar-refractivity contribution in [1.82, 2.24) is 9.62 Å². The minimum atomic E-state index is -3.43. The quantitative estimate of drug-likeness (QED) is 0.872. The fourth-order valence-corrected chi connectivity index (χ4v) is 5.68. The van der Waals surface area contributed by atoms with Crippen LogP contribution in [0.15, 0.2) is 51.8 Å². The Balaban J connectivity index is 1.37. The van der Waals surface area contributed by atoms with Gasteiger partial charge < -0.3 is 4.42 Å². The van der Waals surface area contributed by atoms with Gasteiger partial charge in [0.25, 0.3) is 0 Å². The van der Waals surface area contributed by atoms with Gasteiger partial charge in [-0.25, -0.2) is 13.1 Å². The Labute approximate surface area is 155 Å². The SMILES string of the molecule is Cc1ccc(CN2CCC3(CC[C@H]3NS(=O)(=O)c3ccccc3)CC2)o1. The maximum absolute atomic E-state index is 12.6. The van der Waals surface area contributed by atoms with Crippen LogP contribution in [-0.4, -0.2) is 32.4 Å². The third-order valence-electron chi connectivity index (χ3n) is 6.05. The molecule has 2 aromatic rings. The Morgan fingerprint density at radius 1 is 1.12 bits per heavy atom. The summed E-state index contributed by atoms with van der Waals surface area (Å²) < 4.78 is 33.9. The molecule has 26 heavy (non-hydrogen) atoms. The number of aryl methyl sites for hydroxylation is 1. The number of nitrogens with zero attached hydrogens (tertiary/aromatic N) is 1. The second-order valence-corrected chi connectivity index (χ2v) is 9.39. The van der Waals surface area contributed by atoms with Gasteiger partial charge >= 0.3 is 0 Å². The molecule has 1 aliphatic heterocycles. The normalized spacial score (nSPS) is 23.0. The molecule has 1 saturated carbocycles. The van der Waals surface area contributed by atoms with Crippen molar-refractivity contribution < 1.29 is 12.8 Å². The molecule has 2 aliphatic rings. The van der Waals surface area contributed by atoms with Crippen molar-refractivity contribution in [2.24, 2.45) is 5.41 Å². The Hall–Kier alpha value is -1.63. The van der Waals surface area contributed by atoms with E-state index in [4.69, 9.17) is 4.42 Å². The van der Waals surface area contributed by atoms with E-state index in [2.05, 4.69) is 9.62 Å². The number of benzene rings is 1. The number of hydrogen-bond donors (Lipinski definition) is 1. The largest absolute Gasteiger partial charge is 0.465 e. The summed E-state index contributed by atoms with van der Waals surface area (Å²) in [7, 11) is -3.43. The number of nitrogens with one attached hydrogen (secondary N) is 1. The van der Waals surface area contributed by atoms with Crippen molar-refractivity contribution in [3.8, 4) is 0 Å². The number of rotatable bonds is 5. The van der Waals surface area contributed by atoms with E-state index in [0.29, 0.717) is 4.90 Å². The highest BCUT2D eigenvalue weighted by Crippen LogP contribution is 2.49. The van der Waals surface area contributed by atoms with Crippen LogP contribution < -0.4 is 4.72 Å². The van der Waals surface area contributed by atoms with Gasteiger partial charge in [-0.05, 0) is 75.4 Å². The molecule has 140 valence electrons. The summed E-state index contributed by atoms with van der Waals surface area (Å²) in [5, 5.41) is 0. The first kappa shape index (κ1) is 17.8. The van der Waals surface area contributed by atoms with Crippen LogP contribution in [0.25, 0.3) is 0 Å². The second-order valence-electron chi connectivity index (χ2n) is 7.68. The minimum absolute atomic E-state index is 0.0562. The lowest BCUT2D eigenvalue weighted by Gasteiger charge is -2.53. The fraction of sp³-hybridized carbons (Fsp3) is 0.500. The van der Waals surface area contributed by atoms with Crippen LogP contribution >= 0.6 is 0 Å². The molecule has 4 rings (SSSR count). The highest BCUT2D eigenvalue weighted by Gasteiger charge is 2.49. The van der Waals surface area contributed by atoms with Crippen LogP contribution in [0.3, 0.4) is 0 Å².